The summed E-state index contributed by atoms with van der Waals surface area (Å²) in [5, 5.41) is 3.75. The summed E-state index contributed by atoms with van der Waals surface area (Å²) in [4.78, 5) is 2.48. The highest BCUT2D eigenvalue weighted by molar-refractivity contribution is 5.28. The van der Waals surface area contributed by atoms with E-state index in [1.54, 1.807) is 0 Å². The number of hydrogen-bond acceptors (Lipinski definition) is 4. The molecule has 1 aliphatic rings. The second-order valence-electron chi connectivity index (χ2n) is 4.58. The van der Waals surface area contributed by atoms with Gasteiger partial charge >= 0.3 is 0 Å². The SMILES string of the molecule is CC(C)N1CCCC(c2cc(N)no2)C1. The van der Waals surface area contributed by atoms with E-state index in [1.165, 1.54) is 19.4 Å². The van der Waals surface area contributed by atoms with Crippen LogP contribution in [0.15, 0.2) is 10.6 Å². The lowest BCUT2D eigenvalue weighted by atomic mass is 9.95. The van der Waals surface area contributed by atoms with Crippen molar-refractivity contribution in [2.45, 2.75) is 38.6 Å². The summed E-state index contributed by atoms with van der Waals surface area (Å²) in [5.74, 6) is 1.90. The third-order valence-electron chi connectivity index (χ3n) is 3.13. The molecule has 0 aliphatic carbocycles. The first kappa shape index (κ1) is 10.5. The van der Waals surface area contributed by atoms with Crippen LogP contribution in [0.4, 0.5) is 5.82 Å². The smallest absolute Gasteiger partial charge is 0.167 e. The van der Waals surface area contributed by atoms with Gasteiger partial charge in [-0.25, -0.2) is 0 Å². The van der Waals surface area contributed by atoms with E-state index in [9.17, 15) is 0 Å². The topological polar surface area (TPSA) is 55.3 Å². The molecular weight excluding hydrogens is 190 g/mol. The predicted octanol–water partition coefficient (Wildman–Crippen LogP) is 1.84. The fraction of sp³-hybridized carbons (Fsp3) is 0.727. The molecule has 0 amide bonds. The summed E-state index contributed by atoms with van der Waals surface area (Å²) >= 11 is 0. The van der Waals surface area contributed by atoms with Crippen molar-refractivity contribution in [1.82, 2.24) is 10.1 Å². The van der Waals surface area contributed by atoms with Crippen molar-refractivity contribution in [2.75, 3.05) is 18.8 Å². The summed E-state index contributed by atoms with van der Waals surface area (Å²) < 4.78 is 5.23. The number of rotatable bonds is 2. The molecule has 4 nitrogen and oxygen atoms in total. The second kappa shape index (κ2) is 4.23. The lowest BCUT2D eigenvalue weighted by molar-refractivity contribution is 0.155. The standard InChI is InChI=1S/C11H19N3O/c1-8(2)14-5-3-4-9(7-14)10-6-11(12)13-15-10/h6,8-9H,3-5,7H2,1-2H3,(H2,12,13). The summed E-state index contributed by atoms with van der Waals surface area (Å²) in [6.07, 6.45) is 2.40. The van der Waals surface area contributed by atoms with Gasteiger partial charge in [0.2, 0.25) is 0 Å². The van der Waals surface area contributed by atoms with Gasteiger partial charge in [-0.2, -0.15) is 0 Å². The van der Waals surface area contributed by atoms with Gasteiger partial charge in [0.15, 0.2) is 5.82 Å². The van der Waals surface area contributed by atoms with E-state index < -0.39 is 0 Å². The van der Waals surface area contributed by atoms with Crippen molar-refractivity contribution >= 4 is 5.82 Å². The Morgan fingerprint density at radius 1 is 1.60 bits per heavy atom. The Morgan fingerprint density at radius 3 is 3.00 bits per heavy atom. The van der Waals surface area contributed by atoms with Gasteiger partial charge in [0.25, 0.3) is 0 Å². The van der Waals surface area contributed by atoms with E-state index in [2.05, 4.69) is 23.9 Å². The van der Waals surface area contributed by atoms with Crippen LogP contribution in [0.25, 0.3) is 0 Å². The molecule has 0 saturated carbocycles. The Morgan fingerprint density at radius 2 is 2.40 bits per heavy atom. The molecule has 2 N–H and O–H groups in total. The number of aromatic nitrogens is 1. The van der Waals surface area contributed by atoms with Gasteiger partial charge in [0.1, 0.15) is 5.76 Å². The summed E-state index contributed by atoms with van der Waals surface area (Å²) in [7, 11) is 0. The van der Waals surface area contributed by atoms with Crippen molar-refractivity contribution < 1.29 is 4.52 Å². The number of nitrogen functional groups attached to an aromatic ring is 1. The van der Waals surface area contributed by atoms with Crippen LogP contribution >= 0.6 is 0 Å². The van der Waals surface area contributed by atoms with E-state index in [1.807, 2.05) is 6.07 Å². The molecule has 4 heteroatoms. The summed E-state index contributed by atoms with van der Waals surface area (Å²) in [6, 6.07) is 2.46. The zero-order valence-corrected chi connectivity index (χ0v) is 9.44. The summed E-state index contributed by atoms with van der Waals surface area (Å²) in [5.41, 5.74) is 5.56. The maximum absolute atomic E-state index is 5.56. The van der Waals surface area contributed by atoms with Crippen molar-refractivity contribution in [3.63, 3.8) is 0 Å². The highest BCUT2D eigenvalue weighted by Crippen LogP contribution is 2.28. The molecular formula is C11H19N3O. The maximum atomic E-state index is 5.56. The molecule has 2 rings (SSSR count). The average molecular weight is 209 g/mol. The fourth-order valence-electron chi connectivity index (χ4n) is 2.20. The average Bonchev–Trinajstić information content (AvgIpc) is 2.65. The van der Waals surface area contributed by atoms with Crippen molar-refractivity contribution in [1.29, 1.82) is 0 Å². The van der Waals surface area contributed by atoms with Crippen molar-refractivity contribution in [3.05, 3.63) is 11.8 Å². The molecule has 0 aromatic carbocycles. The summed E-state index contributed by atoms with van der Waals surface area (Å²) in [6.45, 7) is 6.72. The first-order chi connectivity index (χ1) is 7.16. The predicted molar refractivity (Wildman–Crippen MR) is 59.6 cm³/mol. The van der Waals surface area contributed by atoms with Gasteiger partial charge in [-0.3, -0.25) is 0 Å². The molecule has 1 aromatic rings. The lowest BCUT2D eigenvalue weighted by Gasteiger charge is -2.34. The first-order valence-electron chi connectivity index (χ1n) is 5.63. The number of anilines is 1. The molecule has 1 aromatic heterocycles. The monoisotopic (exact) mass is 209 g/mol. The van der Waals surface area contributed by atoms with Crippen LogP contribution in [0.1, 0.15) is 38.4 Å². The van der Waals surface area contributed by atoms with Gasteiger partial charge < -0.3 is 15.2 Å². The minimum atomic E-state index is 0.464. The quantitative estimate of drug-likeness (QED) is 0.807. The van der Waals surface area contributed by atoms with Crippen molar-refractivity contribution in [3.8, 4) is 0 Å². The second-order valence-corrected chi connectivity index (χ2v) is 4.58. The van der Waals surface area contributed by atoms with Crippen LogP contribution < -0.4 is 5.73 Å². The third-order valence-corrected chi connectivity index (χ3v) is 3.13. The van der Waals surface area contributed by atoms with Gasteiger partial charge in [0, 0.05) is 24.6 Å². The molecule has 1 fully saturated rings. The molecule has 0 spiro atoms. The lowest BCUT2D eigenvalue weighted by Crippen LogP contribution is -2.38. The van der Waals surface area contributed by atoms with Crippen molar-refractivity contribution in [2.24, 2.45) is 0 Å². The van der Waals surface area contributed by atoms with Crippen LogP contribution in [0.2, 0.25) is 0 Å². The van der Waals surface area contributed by atoms with Crippen LogP contribution in [-0.2, 0) is 0 Å². The number of nitrogens with zero attached hydrogens (tertiary/aromatic N) is 2. The van der Waals surface area contributed by atoms with Crippen LogP contribution in [0.3, 0.4) is 0 Å². The van der Waals surface area contributed by atoms with Gasteiger partial charge in [-0.15, -0.1) is 0 Å². The highest BCUT2D eigenvalue weighted by atomic mass is 16.5. The van der Waals surface area contributed by atoms with Crippen LogP contribution in [-0.4, -0.2) is 29.2 Å². The Kier molecular flexibility index (Phi) is 2.95. The van der Waals surface area contributed by atoms with Gasteiger partial charge in [-0.1, -0.05) is 5.16 Å². The zero-order chi connectivity index (χ0) is 10.8. The number of likely N-dealkylation sites (tertiary alicyclic amines) is 1. The Balaban J connectivity index is 2.04. The fourth-order valence-corrected chi connectivity index (χ4v) is 2.20. The Bertz CT molecular complexity index is 321. The third kappa shape index (κ3) is 2.31. The molecule has 15 heavy (non-hydrogen) atoms. The van der Waals surface area contributed by atoms with E-state index >= 15 is 0 Å². The van der Waals surface area contributed by atoms with Gasteiger partial charge in [-0.05, 0) is 33.2 Å². The van der Waals surface area contributed by atoms with Crippen LogP contribution in [0, 0.1) is 0 Å². The highest BCUT2D eigenvalue weighted by Gasteiger charge is 2.25. The number of hydrogen-bond donors (Lipinski definition) is 1. The maximum Gasteiger partial charge on any atom is 0.167 e. The number of piperidine rings is 1. The van der Waals surface area contributed by atoms with E-state index in [0.29, 0.717) is 17.8 Å². The van der Waals surface area contributed by atoms with Gasteiger partial charge in [0.05, 0.1) is 0 Å². The molecule has 1 unspecified atom stereocenters. The zero-order valence-electron chi connectivity index (χ0n) is 9.44. The molecule has 1 saturated heterocycles. The minimum absolute atomic E-state index is 0.464. The van der Waals surface area contributed by atoms with Crippen LogP contribution in [0.5, 0.6) is 0 Å². The molecule has 2 heterocycles. The molecule has 84 valence electrons. The number of nitrogens with two attached hydrogens (primary N) is 1. The molecule has 0 bridgehead atoms. The Labute approximate surface area is 90.4 Å². The largest absolute Gasteiger partial charge is 0.381 e. The van der Waals surface area contributed by atoms with E-state index in [0.717, 1.165) is 12.3 Å². The molecule has 1 atom stereocenters. The first-order valence-corrected chi connectivity index (χ1v) is 5.63. The van der Waals surface area contributed by atoms with E-state index in [-0.39, 0.29) is 0 Å². The molecule has 1 aliphatic heterocycles. The Hall–Kier alpha value is -1.03. The normalized spacial score (nSPS) is 23.5. The molecule has 0 radical (unpaired) electrons. The van der Waals surface area contributed by atoms with E-state index in [4.69, 9.17) is 10.3 Å². The minimum Gasteiger partial charge on any atom is -0.381 e.